The third kappa shape index (κ3) is 3.36. The smallest absolute Gasteiger partial charge is 0.250 e. The highest BCUT2D eigenvalue weighted by Gasteiger charge is 2.28. The summed E-state index contributed by atoms with van der Waals surface area (Å²) >= 11 is 0. The van der Waals surface area contributed by atoms with Crippen LogP contribution in [0.1, 0.15) is 21.5 Å². The van der Waals surface area contributed by atoms with Crippen molar-refractivity contribution in [2.75, 3.05) is 5.32 Å². The Bertz CT molecular complexity index is 748. The lowest BCUT2D eigenvalue weighted by atomic mass is 9.94. The van der Waals surface area contributed by atoms with E-state index in [-0.39, 0.29) is 0 Å². The largest absolute Gasteiger partial charge is 0.309 e. The van der Waals surface area contributed by atoms with E-state index in [4.69, 9.17) is 0 Å². The van der Waals surface area contributed by atoms with Crippen molar-refractivity contribution in [2.24, 2.45) is 5.92 Å². The summed E-state index contributed by atoms with van der Waals surface area (Å²) in [5, 5.41) is 11.7. The van der Waals surface area contributed by atoms with Crippen LogP contribution in [0.3, 0.4) is 0 Å². The molecule has 1 atom stereocenters. The van der Waals surface area contributed by atoms with Crippen LogP contribution in [0.25, 0.3) is 0 Å². The molecule has 0 aliphatic heterocycles. The number of carbonyl (C=O) groups excluding carboxylic acids is 2. The van der Waals surface area contributed by atoms with Gasteiger partial charge in [0.2, 0.25) is 0 Å². The molecule has 0 saturated carbocycles. The second-order valence-corrected chi connectivity index (χ2v) is 4.95. The highest BCUT2D eigenvalue weighted by molar-refractivity contribution is 6.15. The number of benzene rings is 1. The van der Waals surface area contributed by atoms with Gasteiger partial charge in [-0.1, -0.05) is 29.8 Å². The number of anilines is 1. The average molecular weight is 293 g/mol. The molecule has 2 rings (SSSR count). The molecule has 0 radical (unpaired) electrons. The Morgan fingerprint density at radius 3 is 2.59 bits per heavy atom. The zero-order valence-corrected chi connectivity index (χ0v) is 12.3. The second kappa shape index (κ2) is 6.64. The molecule has 1 amide bonds. The molecule has 0 spiro atoms. The molecule has 5 heteroatoms. The summed E-state index contributed by atoms with van der Waals surface area (Å²) in [7, 11) is 0. The number of aryl methyl sites for hydroxylation is 2. The van der Waals surface area contributed by atoms with E-state index in [2.05, 4.69) is 10.3 Å². The lowest BCUT2D eigenvalue weighted by molar-refractivity contribution is -0.117. The molecule has 5 nitrogen and oxygen atoms in total. The predicted octanol–water partition coefficient (Wildman–Crippen LogP) is 2.66. The Morgan fingerprint density at radius 2 is 2.00 bits per heavy atom. The van der Waals surface area contributed by atoms with Crippen LogP contribution in [0.2, 0.25) is 0 Å². The quantitative estimate of drug-likeness (QED) is 0.694. The Hall–Kier alpha value is -3.00. The van der Waals surface area contributed by atoms with Gasteiger partial charge in [0.1, 0.15) is 5.82 Å². The van der Waals surface area contributed by atoms with E-state index in [9.17, 15) is 14.9 Å². The maximum atomic E-state index is 12.4. The molecule has 0 saturated heterocycles. The number of nitrogens with one attached hydrogen (secondary N) is 1. The van der Waals surface area contributed by atoms with Gasteiger partial charge in [-0.3, -0.25) is 9.59 Å². The first-order valence-electron chi connectivity index (χ1n) is 6.76. The number of aromatic nitrogens is 1. The van der Waals surface area contributed by atoms with Crippen molar-refractivity contribution in [3.05, 3.63) is 59.3 Å². The van der Waals surface area contributed by atoms with Crippen LogP contribution in [0, 0.1) is 31.1 Å². The Kier molecular flexibility index (Phi) is 4.64. The van der Waals surface area contributed by atoms with Crippen LogP contribution in [-0.4, -0.2) is 16.7 Å². The summed E-state index contributed by atoms with van der Waals surface area (Å²) in [6.45, 7) is 3.70. The minimum atomic E-state index is -1.40. The number of nitrogens with zero attached hydrogens (tertiary/aromatic N) is 2. The molecule has 2 aromatic rings. The van der Waals surface area contributed by atoms with Crippen LogP contribution in [-0.2, 0) is 4.79 Å². The first-order chi connectivity index (χ1) is 10.5. The van der Waals surface area contributed by atoms with Gasteiger partial charge in [0.05, 0.1) is 6.07 Å². The van der Waals surface area contributed by atoms with Gasteiger partial charge in [-0.15, -0.1) is 0 Å². The second-order valence-electron chi connectivity index (χ2n) is 4.95. The van der Waals surface area contributed by atoms with Crippen molar-refractivity contribution in [3.8, 4) is 6.07 Å². The van der Waals surface area contributed by atoms with Gasteiger partial charge in [-0.25, -0.2) is 4.98 Å². The van der Waals surface area contributed by atoms with E-state index in [0.29, 0.717) is 11.4 Å². The Balaban J connectivity index is 2.22. The summed E-state index contributed by atoms with van der Waals surface area (Å²) in [4.78, 5) is 28.5. The number of hydrogen-bond acceptors (Lipinski definition) is 4. The molecule has 0 fully saturated rings. The number of nitriles is 1. The van der Waals surface area contributed by atoms with Gasteiger partial charge in [0.15, 0.2) is 11.7 Å². The normalized spacial score (nSPS) is 11.3. The minimum Gasteiger partial charge on any atom is -0.309 e. The molecule has 1 N–H and O–H groups in total. The molecule has 1 aromatic heterocycles. The molecule has 0 aliphatic rings. The Morgan fingerprint density at radius 1 is 1.23 bits per heavy atom. The van der Waals surface area contributed by atoms with Crippen LogP contribution in [0.4, 0.5) is 5.82 Å². The number of amides is 1. The topological polar surface area (TPSA) is 82.8 Å². The molecule has 110 valence electrons. The number of hydrogen-bond donors (Lipinski definition) is 1. The molecule has 22 heavy (non-hydrogen) atoms. The number of Topliss-reactive ketones (excluding diaryl/α,β-unsaturated/α-hetero) is 1. The fourth-order valence-electron chi connectivity index (χ4n) is 2.12. The van der Waals surface area contributed by atoms with Crippen LogP contribution in [0.5, 0.6) is 0 Å². The summed E-state index contributed by atoms with van der Waals surface area (Å²) in [5.41, 5.74) is 2.14. The molecule has 1 aromatic carbocycles. The van der Waals surface area contributed by atoms with Gasteiger partial charge in [-0.05, 0) is 31.5 Å². The third-order valence-electron chi connectivity index (χ3n) is 3.22. The van der Waals surface area contributed by atoms with Gasteiger partial charge in [0.25, 0.3) is 5.91 Å². The summed E-state index contributed by atoms with van der Waals surface area (Å²) in [6, 6.07) is 12.0. The van der Waals surface area contributed by atoms with Crippen molar-refractivity contribution in [3.63, 3.8) is 0 Å². The van der Waals surface area contributed by atoms with Crippen molar-refractivity contribution in [1.29, 1.82) is 5.26 Å². The molecule has 1 heterocycles. The zero-order chi connectivity index (χ0) is 16.1. The number of carbonyl (C=O) groups is 2. The highest BCUT2D eigenvalue weighted by atomic mass is 16.2. The van der Waals surface area contributed by atoms with Crippen molar-refractivity contribution >= 4 is 17.5 Å². The van der Waals surface area contributed by atoms with Crippen LogP contribution < -0.4 is 5.32 Å². The summed E-state index contributed by atoms with van der Waals surface area (Å²) < 4.78 is 0. The van der Waals surface area contributed by atoms with Crippen LogP contribution >= 0.6 is 0 Å². The maximum Gasteiger partial charge on any atom is 0.250 e. The lowest BCUT2D eigenvalue weighted by Gasteiger charge is -2.11. The van der Waals surface area contributed by atoms with E-state index < -0.39 is 17.6 Å². The molecule has 0 bridgehead atoms. The Labute approximate surface area is 128 Å². The number of ketones is 1. The highest BCUT2D eigenvalue weighted by Crippen LogP contribution is 2.16. The van der Waals surface area contributed by atoms with Crippen LogP contribution in [0.15, 0.2) is 42.6 Å². The molecule has 0 unspecified atom stereocenters. The zero-order valence-electron chi connectivity index (χ0n) is 12.3. The van der Waals surface area contributed by atoms with E-state index in [1.54, 1.807) is 43.3 Å². The maximum absolute atomic E-state index is 12.4. The van der Waals surface area contributed by atoms with Crippen molar-refractivity contribution in [2.45, 2.75) is 13.8 Å². The number of pyridine rings is 1. The van der Waals surface area contributed by atoms with Gasteiger partial charge < -0.3 is 5.32 Å². The van der Waals surface area contributed by atoms with Gasteiger partial charge in [0, 0.05) is 11.8 Å². The average Bonchev–Trinajstić information content (AvgIpc) is 2.48. The van der Waals surface area contributed by atoms with E-state index in [1.807, 2.05) is 13.0 Å². The molecular formula is C17H15N3O2. The predicted molar refractivity (Wildman–Crippen MR) is 82.2 cm³/mol. The minimum absolute atomic E-state index is 0.307. The van der Waals surface area contributed by atoms with Crippen molar-refractivity contribution < 1.29 is 9.59 Å². The van der Waals surface area contributed by atoms with Gasteiger partial charge >= 0.3 is 0 Å². The first-order valence-corrected chi connectivity index (χ1v) is 6.76. The van der Waals surface area contributed by atoms with E-state index in [0.717, 1.165) is 11.1 Å². The monoisotopic (exact) mass is 293 g/mol. The summed E-state index contributed by atoms with van der Waals surface area (Å²) in [6.07, 6.45) is 1.52. The third-order valence-corrected chi connectivity index (χ3v) is 3.22. The van der Waals surface area contributed by atoms with Crippen molar-refractivity contribution in [1.82, 2.24) is 4.98 Å². The fourth-order valence-corrected chi connectivity index (χ4v) is 2.12. The number of rotatable bonds is 4. The molecule has 0 aliphatic carbocycles. The molecular weight excluding hydrogens is 278 g/mol. The standard InChI is InChI=1S/C17H15N3O2/c1-11-6-7-13(12(2)9-11)16(21)14(10-18)17(22)20-15-5-3-4-8-19-15/h3-9,14H,1-2H3,(H,19,20,22)/t14-/m0/s1. The first kappa shape index (κ1) is 15.4. The lowest BCUT2D eigenvalue weighted by Crippen LogP contribution is -2.29. The fraction of sp³-hybridized carbons (Fsp3) is 0.176. The van der Waals surface area contributed by atoms with Gasteiger partial charge in [-0.2, -0.15) is 5.26 Å². The SMILES string of the molecule is Cc1ccc(C(=O)[C@H](C#N)C(=O)Nc2ccccn2)c(C)c1. The van der Waals surface area contributed by atoms with E-state index in [1.165, 1.54) is 6.20 Å². The van der Waals surface area contributed by atoms with E-state index >= 15 is 0 Å². The summed E-state index contributed by atoms with van der Waals surface area (Å²) in [5.74, 6) is -2.27.